The highest BCUT2D eigenvalue weighted by Gasteiger charge is 2.37. The summed E-state index contributed by atoms with van der Waals surface area (Å²) in [4.78, 5) is 25.4. The highest BCUT2D eigenvalue weighted by Crippen LogP contribution is 2.36. The summed E-state index contributed by atoms with van der Waals surface area (Å²) in [6, 6.07) is 10.2. The van der Waals surface area contributed by atoms with Gasteiger partial charge in [0.2, 0.25) is 11.9 Å². The SMILES string of the molecule is COc1cc2c(cc1OC1=CC(=O)C(C(=O)Nc3c(OC)cccc3OC)O1)[Si](C)(C)CC2. The zero-order chi connectivity index (χ0) is 23.8. The molecule has 2 aromatic carbocycles. The Hall–Kier alpha value is -3.46. The minimum atomic E-state index is -1.54. The third kappa shape index (κ3) is 4.28. The molecule has 8 nitrogen and oxygen atoms in total. The average Bonchev–Trinajstić information content (AvgIpc) is 3.31. The second kappa shape index (κ2) is 8.82. The molecule has 4 rings (SSSR count). The molecule has 33 heavy (non-hydrogen) atoms. The molecule has 2 heterocycles. The topological polar surface area (TPSA) is 92.3 Å². The molecule has 0 aliphatic carbocycles. The van der Waals surface area contributed by atoms with Crippen LogP contribution in [0.15, 0.2) is 42.4 Å². The summed E-state index contributed by atoms with van der Waals surface area (Å²) < 4.78 is 27.5. The lowest BCUT2D eigenvalue weighted by atomic mass is 10.1. The number of anilines is 1. The Balaban J connectivity index is 1.52. The number of aryl methyl sites for hydroxylation is 1. The van der Waals surface area contributed by atoms with Crippen molar-refractivity contribution in [1.29, 1.82) is 0 Å². The van der Waals surface area contributed by atoms with Crippen LogP contribution in [-0.4, -0.2) is 47.2 Å². The van der Waals surface area contributed by atoms with Gasteiger partial charge in [-0.25, -0.2) is 0 Å². The number of hydrogen-bond acceptors (Lipinski definition) is 7. The van der Waals surface area contributed by atoms with Gasteiger partial charge in [0, 0.05) is 0 Å². The molecule has 0 saturated carbocycles. The van der Waals surface area contributed by atoms with E-state index in [1.807, 2.05) is 12.1 Å². The van der Waals surface area contributed by atoms with Crippen molar-refractivity contribution in [3.63, 3.8) is 0 Å². The number of rotatable bonds is 7. The van der Waals surface area contributed by atoms with Crippen LogP contribution in [0.25, 0.3) is 0 Å². The van der Waals surface area contributed by atoms with Gasteiger partial charge in [0.1, 0.15) is 17.2 Å². The molecule has 174 valence electrons. The number of nitrogens with one attached hydrogen (secondary N) is 1. The van der Waals surface area contributed by atoms with Crippen LogP contribution in [0.1, 0.15) is 5.56 Å². The van der Waals surface area contributed by atoms with Crippen LogP contribution in [0.2, 0.25) is 19.1 Å². The van der Waals surface area contributed by atoms with Gasteiger partial charge in [-0.2, -0.15) is 0 Å². The molecule has 0 bridgehead atoms. The summed E-state index contributed by atoms with van der Waals surface area (Å²) in [5, 5.41) is 3.97. The van der Waals surface area contributed by atoms with Gasteiger partial charge in [-0.05, 0) is 42.3 Å². The maximum atomic E-state index is 12.8. The van der Waals surface area contributed by atoms with Gasteiger partial charge in [0.25, 0.3) is 11.9 Å². The molecular weight excluding hydrogens is 442 g/mol. The van der Waals surface area contributed by atoms with Gasteiger partial charge in [-0.3, -0.25) is 9.59 Å². The summed E-state index contributed by atoms with van der Waals surface area (Å²) in [6.07, 6.45) is 0.817. The lowest BCUT2D eigenvalue weighted by Gasteiger charge is -2.19. The summed E-state index contributed by atoms with van der Waals surface area (Å²) in [5.74, 6) is 0.579. The predicted octanol–water partition coefficient (Wildman–Crippen LogP) is 3.01. The van der Waals surface area contributed by atoms with Crippen LogP contribution in [0, 0.1) is 0 Å². The molecule has 2 aromatic rings. The third-order valence-electron chi connectivity index (χ3n) is 6.02. The molecule has 1 N–H and O–H groups in total. The van der Waals surface area contributed by atoms with Gasteiger partial charge >= 0.3 is 0 Å². The van der Waals surface area contributed by atoms with Crippen molar-refractivity contribution in [3.05, 3.63) is 47.9 Å². The van der Waals surface area contributed by atoms with E-state index in [1.54, 1.807) is 25.3 Å². The van der Waals surface area contributed by atoms with E-state index in [1.165, 1.54) is 37.1 Å². The van der Waals surface area contributed by atoms with Gasteiger partial charge in [-0.1, -0.05) is 24.3 Å². The second-order valence-electron chi connectivity index (χ2n) is 8.54. The molecule has 0 fully saturated rings. The monoisotopic (exact) mass is 469 g/mol. The number of ketones is 1. The number of benzene rings is 2. The van der Waals surface area contributed by atoms with Crippen molar-refractivity contribution < 1.29 is 33.3 Å². The minimum absolute atomic E-state index is 0.0529. The van der Waals surface area contributed by atoms with Crippen LogP contribution in [0.3, 0.4) is 0 Å². The Kier molecular flexibility index (Phi) is 6.07. The third-order valence-corrected chi connectivity index (χ3v) is 9.44. The van der Waals surface area contributed by atoms with E-state index in [0.717, 1.165) is 6.42 Å². The summed E-state index contributed by atoms with van der Waals surface area (Å²) in [6.45, 7) is 4.63. The van der Waals surface area contributed by atoms with Crippen LogP contribution >= 0.6 is 0 Å². The number of methoxy groups -OCH3 is 3. The van der Waals surface area contributed by atoms with E-state index >= 15 is 0 Å². The van der Waals surface area contributed by atoms with Gasteiger partial charge < -0.3 is 29.0 Å². The maximum absolute atomic E-state index is 12.8. The highest BCUT2D eigenvalue weighted by molar-refractivity contribution is 6.91. The Bertz CT molecular complexity index is 1120. The van der Waals surface area contributed by atoms with Crippen molar-refractivity contribution in [2.45, 2.75) is 31.7 Å². The lowest BCUT2D eigenvalue weighted by Crippen LogP contribution is -2.37. The predicted molar refractivity (Wildman–Crippen MR) is 125 cm³/mol. The van der Waals surface area contributed by atoms with Crippen LogP contribution in [0.5, 0.6) is 23.0 Å². The first-order chi connectivity index (χ1) is 15.8. The fourth-order valence-corrected chi connectivity index (χ4v) is 6.92. The first-order valence-electron chi connectivity index (χ1n) is 10.6. The summed E-state index contributed by atoms with van der Waals surface area (Å²) >= 11 is 0. The maximum Gasteiger partial charge on any atom is 0.289 e. The largest absolute Gasteiger partial charge is 0.494 e. The van der Waals surface area contributed by atoms with E-state index < -0.39 is 25.9 Å². The Morgan fingerprint density at radius 1 is 1.03 bits per heavy atom. The van der Waals surface area contributed by atoms with E-state index in [9.17, 15) is 9.59 Å². The van der Waals surface area contributed by atoms with Gasteiger partial charge in [-0.15, -0.1) is 0 Å². The number of ether oxygens (including phenoxy) is 5. The molecule has 0 radical (unpaired) electrons. The van der Waals surface area contributed by atoms with Crippen molar-refractivity contribution >= 4 is 30.6 Å². The van der Waals surface area contributed by atoms with E-state index in [2.05, 4.69) is 18.4 Å². The smallest absolute Gasteiger partial charge is 0.289 e. The number of carbonyl (C=O) groups excluding carboxylic acids is 2. The van der Waals surface area contributed by atoms with Crippen LogP contribution in [0.4, 0.5) is 5.69 Å². The Labute approximate surface area is 193 Å². The minimum Gasteiger partial charge on any atom is -0.494 e. The second-order valence-corrected chi connectivity index (χ2v) is 13.3. The molecule has 0 saturated heterocycles. The summed E-state index contributed by atoms with van der Waals surface area (Å²) in [5.41, 5.74) is 1.59. The van der Waals surface area contributed by atoms with Crippen LogP contribution in [-0.2, 0) is 20.7 Å². The molecule has 1 atom stereocenters. The standard InChI is InChI=1S/C24H27NO7Si/c1-28-16-7-6-8-17(29-2)22(16)25-24(27)23-15(26)12-21(32-23)31-19-13-20-14(11-18(19)30-3)9-10-33(20,4)5/h6-8,11-13,23H,9-10H2,1-5H3,(H,25,27). The number of carbonyl (C=O) groups is 2. The molecule has 0 aromatic heterocycles. The zero-order valence-electron chi connectivity index (χ0n) is 19.3. The summed E-state index contributed by atoms with van der Waals surface area (Å²) in [7, 11) is 2.98. The first-order valence-corrected chi connectivity index (χ1v) is 13.8. The molecule has 1 amide bonds. The Morgan fingerprint density at radius 2 is 1.70 bits per heavy atom. The first kappa shape index (κ1) is 22.7. The van der Waals surface area contributed by atoms with Crippen molar-refractivity contribution in [1.82, 2.24) is 0 Å². The molecule has 1 unspecified atom stereocenters. The van der Waals surface area contributed by atoms with Crippen LogP contribution < -0.4 is 29.5 Å². The fraction of sp³-hybridized carbons (Fsp3) is 0.333. The van der Waals surface area contributed by atoms with E-state index in [0.29, 0.717) is 28.7 Å². The highest BCUT2D eigenvalue weighted by atomic mass is 28.3. The molecular formula is C24H27NO7Si. The Morgan fingerprint density at radius 3 is 2.33 bits per heavy atom. The number of amides is 1. The number of para-hydroxylation sites is 1. The quantitative estimate of drug-likeness (QED) is 0.492. The van der Waals surface area contributed by atoms with E-state index in [4.69, 9.17) is 23.7 Å². The van der Waals surface area contributed by atoms with E-state index in [-0.39, 0.29) is 5.95 Å². The molecule has 2 aliphatic heterocycles. The van der Waals surface area contributed by atoms with Crippen molar-refractivity contribution in [2.24, 2.45) is 0 Å². The molecule has 0 spiro atoms. The zero-order valence-corrected chi connectivity index (χ0v) is 20.3. The number of fused-ring (bicyclic) bond motifs is 1. The molecule has 9 heteroatoms. The average molecular weight is 470 g/mol. The molecule has 2 aliphatic rings. The normalized spacial score (nSPS) is 18.2. The van der Waals surface area contributed by atoms with Gasteiger partial charge in [0.15, 0.2) is 11.5 Å². The fourth-order valence-electron chi connectivity index (χ4n) is 4.17. The van der Waals surface area contributed by atoms with Crippen molar-refractivity contribution in [3.8, 4) is 23.0 Å². The number of hydrogen-bond donors (Lipinski definition) is 1. The lowest BCUT2D eigenvalue weighted by molar-refractivity contribution is -0.134. The van der Waals surface area contributed by atoms with Gasteiger partial charge in [0.05, 0.1) is 35.5 Å². The van der Waals surface area contributed by atoms with Crippen molar-refractivity contribution in [2.75, 3.05) is 26.6 Å².